The van der Waals surface area contributed by atoms with E-state index >= 15 is 0 Å². The van der Waals surface area contributed by atoms with Crippen LogP contribution in [0.1, 0.15) is 23.3 Å². The Morgan fingerprint density at radius 3 is 2.71 bits per heavy atom. The molecular formula is C21H17Cl2N3O2. The minimum atomic E-state index is -0.562. The molecule has 142 valence electrons. The number of rotatable bonds is 3. The van der Waals surface area contributed by atoms with Gasteiger partial charge in [-0.05, 0) is 43.2 Å². The number of hydrogen-bond acceptors (Lipinski definition) is 3. The first-order valence-corrected chi connectivity index (χ1v) is 9.71. The molecule has 1 aliphatic rings. The molecule has 0 bridgehead atoms. The van der Waals surface area contributed by atoms with Gasteiger partial charge in [0.1, 0.15) is 11.7 Å². The number of fused-ring (bicyclic) bond motifs is 1. The Kier molecular flexibility index (Phi) is 5.20. The van der Waals surface area contributed by atoms with Crippen molar-refractivity contribution in [2.24, 2.45) is 0 Å². The Hall–Kier alpha value is -2.63. The van der Waals surface area contributed by atoms with Crippen molar-refractivity contribution in [3.05, 3.63) is 70.3 Å². The quantitative estimate of drug-likeness (QED) is 0.671. The minimum absolute atomic E-state index is 0.245. The molecule has 1 N–H and O–H groups in total. The number of nitrogens with zero attached hydrogens (tertiary/aromatic N) is 2. The fraction of sp³-hybridized carbons (Fsp3) is 0.190. The molecule has 1 aliphatic heterocycles. The Labute approximate surface area is 172 Å². The monoisotopic (exact) mass is 413 g/mol. The molecule has 1 unspecified atom stereocenters. The molecule has 0 radical (unpaired) electrons. The molecule has 2 heterocycles. The predicted octanol–water partition coefficient (Wildman–Crippen LogP) is 4.78. The Morgan fingerprint density at radius 2 is 1.89 bits per heavy atom. The van der Waals surface area contributed by atoms with E-state index in [4.69, 9.17) is 23.2 Å². The summed E-state index contributed by atoms with van der Waals surface area (Å²) >= 11 is 12.0. The maximum atomic E-state index is 13.0. The van der Waals surface area contributed by atoms with Crippen LogP contribution >= 0.6 is 23.2 Å². The van der Waals surface area contributed by atoms with Crippen LogP contribution in [0, 0.1) is 0 Å². The third-order valence-corrected chi connectivity index (χ3v) is 5.37. The van der Waals surface area contributed by atoms with Gasteiger partial charge in [-0.15, -0.1) is 0 Å². The smallest absolute Gasteiger partial charge is 0.273 e. The lowest BCUT2D eigenvalue weighted by Crippen LogP contribution is -2.43. The van der Waals surface area contributed by atoms with Gasteiger partial charge in [-0.2, -0.15) is 0 Å². The van der Waals surface area contributed by atoms with Gasteiger partial charge in [0, 0.05) is 17.0 Å². The number of amides is 2. The number of carbonyl (C=O) groups excluding carboxylic acids is 2. The molecular weight excluding hydrogens is 397 g/mol. The Bertz CT molecular complexity index is 1070. The fourth-order valence-electron chi connectivity index (χ4n) is 3.42. The molecule has 5 nitrogen and oxygen atoms in total. The number of aromatic nitrogens is 1. The molecule has 0 spiro atoms. The summed E-state index contributed by atoms with van der Waals surface area (Å²) in [6.07, 6.45) is 1.35. The second-order valence-electron chi connectivity index (χ2n) is 6.66. The van der Waals surface area contributed by atoms with Gasteiger partial charge in [0.2, 0.25) is 5.91 Å². The number of pyridine rings is 1. The van der Waals surface area contributed by atoms with Crippen LogP contribution in [0.2, 0.25) is 10.0 Å². The zero-order valence-electron chi connectivity index (χ0n) is 14.9. The van der Waals surface area contributed by atoms with Crippen molar-refractivity contribution < 1.29 is 9.59 Å². The molecule has 2 amide bonds. The standard InChI is InChI=1S/C21H17Cl2N3O2/c22-14-8-10-17(15(23)12-14)25-20(27)19-6-3-11-26(19)21(28)18-9-7-13-4-1-2-5-16(13)24-18/h1-2,4-5,7-10,12,19H,3,6,11H2,(H,25,27). The van der Waals surface area contributed by atoms with Crippen LogP contribution in [0.25, 0.3) is 10.9 Å². The molecule has 7 heteroatoms. The molecule has 1 atom stereocenters. The molecule has 0 aliphatic carbocycles. The molecule has 1 aromatic heterocycles. The third-order valence-electron chi connectivity index (χ3n) is 4.82. The molecule has 28 heavy (non-hydrogen) atoms. The lowest BCUT2D eigenvalue weighted by molar-refractivity contribution is -0.119. The summed E-state index contributed by atoms with van der Waals surface area (Å²) in [5, 5.41) is 4.61. The van der Waals surface area contributed by atoms with Crippen LogP contribution in [0.4, 0.5) is 5.69 Å². The van der Waals surface area contributed by atoms with Gasteiger partial charge < -0.3 is 10.2 Å². The summed E-state index contributed by atoms with van der Waals surface area (Å²) in [6, 6.07) is 15.5. The molecule has 2 aromatic carbocycles. The number of benzene rings is 2. The van der Waals surface area contributed by atoms with Crippen LogP contribution in [-0.4, -0.2) is 34.3 Å². The van der Waals surface area contributed by atoms with E-state index in [1.54, 1.807) is 29.2 Å². The summed E-state index contributed by atoms with van der Waals surface area (Å²) in [5.41, 5.74) is 1.56. The first-order valence-electron chi connectivity index (χ1n) is 8.95. The number of hydrogen-bond donors (Lipinski definition) is 1. The SMILES string of the molecule is O=C(Nc1ccc(Cl)cc1Cl)C1CCCN1C(=O)c1ccc2ccccc2n1. The number of halogens is 2. The highest BCUT2D eigenvalue weighted by molar-refractivity contribution is 6.36. The van der Waals surface area contributed by atoms with E-state index in [9.17, 15) is 9.59 Å². The lowest BCUT2D eigenvalue weighted by atomic mass is 10.1. The van der Waals surface area contributed by atoms with Crippen molar-refractivity contribution in [3.8, 4) is 0 Å². The number of anilines is 1. The van der Waals surface area contributed by atoms with Gasteiger partial charge in [-0.1, -0.05) is 47.5 Å². The van der Waals surface area contributed by atoms with Gasteiger partial charge in [0.05, 0.1) is 16.2 Å². The van der Waals surface area contributed by atoms with Crippen molar-refractivity contribution in [2.45, 2.75) is 18.9 Å². The normalized spacial score (nSPS) is 16.4. The second kappa shape index (κ2) is 7.78. The topological polar surface area (TPSA) is 62.3 Å². The maximum Gasteiger partial charge on any atom is 0.273 e. The molecule has 1 fully saturated rings. The maximum absolute atomic E-state index is 13.0. The van der Waals surface area contributed by atoms with E-state index in [1.807, 2.05) is 30.3 Å². The minimum Gasteiger partial charge on any atom is -0.325 e. The first kappa shape index (κ1) is 18.7. The fourth-order valence-corrected chi connectivity index (χ4v) is 3.88. The molecule has 4 rings (SSSR count). The van der Waals surface area contributed by atoms with Gasteiger partial charge in [-0.25, -0.2) is 4.98 Å². The van der Waals surface area contributed by atoms with E-state index < -0.39 is 6.04 Å². The van der Waals surface area contributed by atoms with E-state index in [2.05, 4.69) is 10.3 Å². The average molecular weight is 414 g/mol. The van der Waals surface area contributed by atoms with Crippen LogP contribution in [0.5, 0.6) is 0 Å². The van der Waals surface area contributed by atoms with E-state index in [-0.39, 0.29) is 11.8 Å². The average Bonchev–Trinajstić information content (AvgIpc) is 3.19. The Morgan fingerprint density at radius 1 is 1.07 bits per heavy atom. The lowest BCUT2D eigenvalue weighted by Gasteiger charge is -2.24. The van der Waals surface area contributed by atoms with Crippen LogP contribution in [0.15, 0.2) is 54.6 Å². The van der Waals surface area contributed by atoms with Crippen LogP contribution < -0.4 is 5.32 Å². The van der Waals surface area contributed by atoms with E-state index in [1.165, 1.54) is 0 Å². The number of nitrogens with one attached hydrogen (secondary N) is 1. The predicted molar refractivity (Wildman–Crippen MR) is 111 cm³/mol. The summed E-state index contributed by atoms with van der Waals surface area (Å²) in [7, 11) is 0. The van der Waals surface area contributed by atoms with E-state index in [0.29, 0.717) is 34.4 Å². The van der Waals surface area contributed by atoms with Gasteiger partial charge >= 0.3 is 0 Å². The van der Waals surface area contributed by atoms with Crippen molar-refractivity contribution in [2.75, 3.05) is 11.9 Å². The van der Waals surface area contributed by atoms with Gasteiger partial charge in [0.25, 0.3) is 5.91 Å². The third kappa shape index (κ3) is 3.68. The highest BCUT2D eigenvalue weighted by Crippen LogP contribution is 2.27. The van der Waals surface area contributed by atoms with Crippen LogP contribution in [0.3, 0.4) is 0 Å². The van der Waals surface area contributed by atoms with E-state index in [0.717, 1.165) is 17.3 Å². The van der Waals surface area contributed by atoms with Crippen molar-refractivity contribution in [1.82, 2.24) is 9.88 Å². The summed E-state index contributed by atoms with van der Waals surface area (Å²) < 4.78 is 0. The molecule has 1 saturated heterocycles. The van der Waals surface area contributed by atoms with Gasteiger partial charge in [0.15, 0.2) is 0 Å². The van der Waals surface area contributed by atoms with Crippen molar-refractivity contribution in [3.63, 3.8) is 0 Å². The zero-order valence-corrected chi connectivity index (χ0v) is 16.4. The highest BCUT2D eigenvalue weighted by atomic mass is 35.5. The number of para-hydroxylation sites is 1. The zero-order chi connectivity index (χ0) is 19.7. The van der Waals surface area contributed by atoms with Gasteiger partial charge in [-0.3, -0.25) is 9.59 Å². The number of likely N-dealkylation sites (tertiary alicyclic amines) is 1. The second-order valence-corrected chi connectivity index (χ2v) is 7.50. The summed E-state index contributed by atoms with van der Waals surface area (Å²) in [5.74, 6) is -0.513. The summed E-state index contributed by atoms with van der Waals surface area (Å²) in [6.45, 7) is 0.514. The first-order chi connectivity index (χ1) is 13.5. The highest BCUT2D eigenvalue weighted by Gasteiger charge is 2.35. The van der Waals surface area contributed by atoms with Crippen molar-refractivity contribution >= 4 is 51.6 Å². The molecule has 0 saturated carbocycles. The largest absolute Gasteiger partial charge is 0.325 e. The number of carbonyl (C=O) groups is 2. The van der Waals surface area contributed by atoms with Crippen molar-refractivity contribution in [1.29, 1.82) is 0 Å². The molecule has 3 aromatic rings. The Balaban J connectivity index is 1.54. The van der Waals surface area contributed by atoms with Crippen LogP contribution in [-0.2, 0) is 4.79 Å². The summed E-state index contributed by atoms with van der Waals surface area (Å²) in [4.78, 5) is 31.8.